The van der Waals surface area contributed by atoms with Crippen molar-refractivity contribution in [3.8, 4) is 11.1 Å². The lowest BCUT2D eigenvalue weighted by molar-refractivity contribution is 1.11. The highest BCUT2D eigenvalue weighted by Gasteiger charge is 2.13. The van der Waals surface area contributed by atoms with Crippen molar-refractivity contribution in [2.75, 3.05) is 0 Å². The van der Waals surface area contributed by atoms with Gasteiger partial charge in [0.25, 0.3) is 0 Å². The average molecular weight is 293 g/mol. The second kappa shape index (κ2) is 4.94. The van der Waals surface area contributed by atoms with Gasteiger partial charge in [-0.15, -0.1) is 11.3 Å². The summed E-state index contributed by atoms with van der Waals surface area (Å²) in [5, 5.41) is 3.60. The van der Waals surface area contributed by atoms with Gasteiger partial charge in [-0.25, -0.2) is 0 Å². The van der Waals surface area contributed by atoms with Crippen molar-refractivity contribution in [2.45, 2.75) is 6.54 Å². The fraction of sp³-hybridized carbons (Fsp3) is 0.0909. The van der Waals surface area contributed by atoms with Crippen LogP contribution in [0, 0.1) is 0 Å². The van der Waals surface area contributed by atoms with Gasteiger partial charge in [0, 0.05) is 22.0 Å². The molecule has 2 rings (SSSR count). The number of hydrogen-bond donors (Lipinski definition) is 1. The van der Waals surface area contributed by atoms with E-state index in [-0.39, 0.29) is 0 Å². The van der Waals surface area contributed by atoms with Crippen LogP contribution in [0.1, 0.15) is 4.88 Å². The van der Waals surface area contributed by atoms with Crippen molar-refractivity contribution < 1.29 is 0 Å². The van der Waals surface area contributed by atoms with E-state index >= 15 is 0 Å². The first-order chi connectivity index (χ1) is 7.63. The summed E-state index contributed by atoms with van der Waals surface area (Å²) >= 11 is 19.8. The molecule has 0 radical (unpaired) electrons. The van der Waals surface area contributed by atoms with E-state index < -0.39 is 0 Å². The van der Waals surface area contributed by atoms with Gasteiger partial charge in [0.05, 0.1) is 10.0 Å². The van der Waals surface area contributed by atoms with E-state index in [2.05, 4.69) is 0 Å². The third-order valence-corrected chi connectivity index (χ3v) is 3.96. The quantitative estimate of drug-likeness (QED) is 0.842. The van der Waals surface area contributed by atoms with E-state index in [1.807, 2.05) is 11.4 Å². The van der Waals surface area contributed by atoms with E-state index in [0.29, 0.717) is 21.6 Å². The molecule has 1 nitrogen and oxygen atoms in total. The second-order valence-corrected chi connectivity index (χ2v) is 5.46. The minimum atomic E-state index is 0.474. The van der Waals surface area contributed by atoms with Crippen molar-refractivity contribution in [1.29, 1.82) is 0 Å². The largest absolute Gasteiger partial charge is 0.326 e. The molecule has 0 spiro atoms. The van der Waals surface area contributed by atoms with Crippen LogP contribution in [0.2, 0.25) is 15.1 Å². The van der Waals surface area contributed by atoms with E-state index in [9.17, 15) is 0 Å². The van der Waals surface area contributed by atoms with Crippen LogP contribution in [-0.2, 0) is 6.54 Å². The van der Waals surface area contributed by atoms with E-state index in [1.165, 1.54) is 0 Å². The monoisotopic (exact) mass is 291 g/mol. The van der Waals surface area contributed by atoms with Crippen LogP contribution in [0.15, 0.2) is 23.6 Å². The zero-order valence-electron chi connectivity index (χ0n) is 8.14. The van der Waals surface area contributed by atoms with Crippen LogP contribution < -0.4 is 5.73 Å². The highest BCUT2D eigenvalue weighted by atomic mass is 35.5. The molecule has 0 aliphatic heterocycles. The molecule has 5 heteroatoms. The molecule has 0 atom stereocenters. The lowest BCUT2D eigenvalue weighted by Crippen LogP contribution is -1.95. The fourth-order valence-electron chi connectivity index (χ4n) is 1.52. The molecule has 0 bridgehead atoms. The van der Waals surface area contributed by atoms with E-state index in [0.717, 1.165) is 16.0 Å². The maximum Gasteiger partial charge on any atom is 0.0514 e. The molecule has 16 heavy (non-hydrogen) atoms. The molecule has 1 aromatic heterocycles. The number of thiophene rings is 1. The van der Waals surface area contributed by atoms with Crippen LogP contribution in [0.4, 0.5) is 0 Å². The lowest BCUT2D eigenvalue weighted by Gasteiger charge is -2.08. The summed E-state index contributed by atoms with van der Waals surface area (Å²) in [5.41, 5.74) is 7.45. The summed E-state index contributed by atoms with van der Waals surface area (Å²) < 4.78 is 0. The number of hydrogen-bond acceptors (Lipinski definition) is 2. The van der Waals surface area contributed by atoms with Crippen LogP contribution in [0.5, 0.6) is 0 Å². The maximum absolute atomic E-state index is 6.15. The number of halogens is 3. The van der Waals surface area contributed by atoms with Gasteiger partial charge in [-0.05, 0) is 29.1 Å². The second-order valence-electron chi connectivity index (χ2n) is 3.21. The van der Waals surface area contributed by atoms with Gasteiger partial charge >= 0.3 is 0 Å². The Morgan fingerprint density at radius 1 is 1.12 bits per heavy atom. The first-order valence-corrected chi connectivity index (χ1v) is 6.56. The normalized spacial score (nSPS) is 10.8. The molecule has 0 aliphatic rings. The lowest BCUT2D eigenvalue weighted by atomic mass is 10.1. The minimum Gasteiger partial charge on any atom is -0.326 e. The molecule has 2 N–H and O–H groups in total. The van der Waals surface area contributed by atoms with Crippen molar-refractivity contribution >= 4 is 46.1 Å². The first kappa shape index (κ1) is 12.2. The van der Waals surface area contributed by atoms with Crippen molar-refractivity contribution in [1.82, 2.24) is 0 Å². The minimum absolute atomic E-state index is 0.474. The third-order valence-electron chi connectivity index (χ3n) is 2.21. The molecular formula is C11H8Cl3NS. The zero-order valence-corrected chi connectivity index (χ0v) is 11.2. The van der Waals surface area contributed by atoms with Gasteiger partial charge in [-0.2, -0.15) is 0 Å². The Balaban J connectivity index is 2.64. The SMILES string of the molecule is NCc1sccc1-c1c(Cl)cc(Cl)cc1Cl. The Hall–Kier alpha value is -0.250. The Bertz CT molecular complexity index is 499. The molecule has 0 fully saturated rings. The van der Waals surface area contributed by atoms with Crippen LogP contribution in [0.25, 0.3) is 11.1 Å². The molecule has 1 heterocycles. The Labute approximate surface area is 113 Å². The Morgan fingerprint density at radius 3 is 2.31 bits per heavy atom. The van der Waals surface area contributed by atoms with Crippen LogP contribution in [0.3, 0.4) is 0 Å². The molecule has 0 saturated carbocycles. The molecular weight excluding hydrogens is 285 g/mol. The molecule has 0 amide bonds. The smallest absolute Gasteiger partial charge is 0.0514 e. The first-order valence-electron chi connectivity index (χ1n) is 4.55. The van der Waals surface area contributed by atoms with Gasteiger partial charge < -0.3 is 5.73 Å². The molecule has 0 unspecified atom stereocenters. The summed E-state index contributed by atoms with van der Waals surface area (Å²) in [7, 11) is 0. The standard InChI is InChI=1S/C11H8Cl3NS/c12-6-3-8(13)11(9(14)4-6)7-1-2-16-10(7)5-15/h1-4H,5,15H2. The molecule has 84 valence electrons. The zero-order chi connectivity index (χ0) is 11.7. The van der Waals surface area contributed by atoms with E-state index in [1.54, 1.807) is 23.5 Å². The van der Waals surface area contributed by atoms with E-state index in [4.69, 9.17) is 40.5 Å². The highest BCUT2D eigenvalue weighted by Crippen LogP contribution is 2.40. The van der Waals surface area contributed by atoms with Crippen molar-refractivity contribution in [3.05, 3.63) is 43.5 Å². The molecule has 0 saturated heterocycles. The van der Waals surface area contributed by atoms with Crippen molar-refractivity contribution in [2.24, 2.45) is 5.73 Å². The van der Waals surface area contributed by atoms with Crippen LogP contribution in [-0.4, -0.2) is 0 Å². The average Bonchev–Trinajstić information content (AvgIpc) is 2.64. The van der Waals surface area contributed by atoms with Gasteiger partial charge in [0.15, 0.2) is 0 Å². The Kier molecular flexibility index (Phi) is 3.77. The summed E-state index contributed by atoms with van der Waals surface area (Å²) in [4.78, 5) is 1.06. The summed E-state index contributed by atoms with van der Waals surface area (Å²) in [6.07, 6.45) is 0. The van der Waals surface area contributed by atoms with Crippen molar-refractivity contribution in [3.63, 3.8) is 0 Å². The topological polar surface area (TPSA) is 26.0 Å². The molecule has 0 aliphatic carbocycles. The summed E-state index contributed by atoms with van der Waals surface area (Å²) in [6.45, 7) is 0.474. The predicted octanol–water partition coefficient (Wildman–Crippen LogP) is 4.83. The predicted molar refractivity (Wildman–Crippen MR) is 72.7 cm³/mol. The third kappa shape index (κ3) is 2.22. The number of rotatable bonds is 2. The maximum atomic E-state index is 6.15. The number of nitrogens with two attached hydrogens (primary N) is 1. The van der Waals surface area contributed by atoms with Gasteiger partial charge in [-0.1, -0.05) is 34.8 Å². The molecule has 1 aromatic carbocycles. The van der Waals surface area contributed by atoms with Gasteiger partial charge in [0.2, 0.25) is 0 Å². The fourth-order valence-corrected chi connectivity index (χ4v) is 3.30. The summed E-state index contributed by atoms with van der Waals surface area (Å²) in [6, 6.07) is 5.33. The Morgan fingerprint density at radius 2 is 1.75 bits per heavy atom. The summed E-state index contributed by atoms with van der Waals surface area (Å²) in [5.74, 6) is 0. The number of benzene rings is 1. The van der Waals surface area contributed by atoms with Gasteiger partial charge in [0.1, 0.15) is 0 Å². The van der Waals surface area contributed by atoms with Gasteiger partial charge in [-0.3, -0.25) is 0 Å². The van der Waals surface area contributed by atoms with Crippen LogP contribution >= 0.6 is 46.1 Å². The molecule has 2 aromatic rings. The highest BCUT2D eigenvalue weighted by molar-refractivity contribution is 7.10.